The number of nitrogens with zero attached hydrogens (tertiary/aromatic N) is 2. The molecule has 41 heavy (non-hydrogen) atoms. The predicted molar refractivity (Wildman–Crippen MR) is 164 cm³/mol. The van der Waals surface area contributed by atoms with Crippen LogP contribution in [0.2, 0.25) is 0 Å². The first-order chi connectivity index (χ1) is 19.1. The van der Waals surface area contributed by atoms with E-state index in [0.717, 1.165) is 63.9 Å². The minimum absolute atomic E-state index is 0.0469. The predicted octanol–water partition coefficient (Wildman–Crippen LogP) is 6.14. The van der Waals surface area contributed by atoms with Crippen LogP contribution in [0.3, 0.4) is 0 Å². The molecule has 0 aromatic heterocycles. The Morgan fingerprint density at radius 2 is 1.56 bits per heavy atom. The van der Waals surface area contributed by atoms with Crippen molar-refractivity contribution in [2.24, 2.45) is 50.7 Å². The van der Waals surface area contributed by atoms with Gasteiger partial charge in [0.1, 0.15) is 0 Å². The zero-order chi connectivity index (χ0) is 29.8. The molecule has 1 heterocycles. The highest BCUT2D eigenvalue weighted by Gasteiger charge is 2.70. The van der Waals surface area contributed by atoms with E-state index < -0.39 is 5.41 Å². The number of hydrogen-bond acceptors (Lipinski definition) is 5. The van der Waals surface area contributed by atoms with Crippen LogP contribution < -0.4 is 0 Å². The normalized spacial score (nSPS) is 46.6. The number of aliphatic hydroxyl groups excluding tert-OH is 1. The van der Waals surface area contributed by atoms with Crippen LogP contribution in [0, 0.1) is 50.7 Å². The van der Waals surface area contributed by atoms with Crippen LogP contribution in [0.1, 0.15) is 106 Å². The van der Waals surface area contributed by atoms with Crippen LogP contribution in [0.25, 0.3) is 0 Å². The molecule has 0 aromatic carbocycles. The van der Waals surface area contributed by atoms with Gasteiger partial charge in [-0.25, -0.2) is 0 Å². The number of hydrogen-bond donors (Lipinski definition) is 1. The SMILES string of the molecule is CC(C)C1=C2[C@H]3CC[C@@H]4[C@@]5(C)CC[C@H](O)C(C)(C)[C@@H]5CC[C@@]4(C)[C@]3(C)CC[C@@]2(C(=O)CN2CCN(C)CC2)CC1=O. The molecule has 0 aromatic rings. The molecule has 6 aliphatic rings. The van der Waals surface area contributed by atoms with Gasteiger partial charge < -0.3 is 10.0 Å². The Morgan fingerprint density at radius 1 is 0.878 bits per heavy atom. The number of Topliss-reactive ketones (excluding diaryl/α,β-unsaturated/α-hetero) is 2. The Labute approximate surface area is 249 Å². The highest BCUT2D eigenvalue weighted by Crippen LogP contribution is 2.76. The summed E-state index contributed by atoms with van der Waals surface area (Å²) in [6.45, 7) is 21.1. The van der Waals surface area contributed by atoms with Crippen molar-refractivity contribution in [3.63, 3.8) is 0 Å². The maximum atomic E-state index is 14.5. The molecule has 4 saturated carbocycles. The number of piperazine rings is 1. The summed E-state index contributed by atoms with van der Waals surface area (Å²) < 4.78 is 0. The Hall–Kier alpha value is -1.04. The van der Waals surface area contributed by atoms with Crippen LogP contribution in [0.5, 0.6) is 0 Å². The number of aliphatic hydroxyl groups is 1. The van der Waals surface area contributed by atoms with Gasteiger partial charge in [0.25, 0.3) is 0 Å². The Balaban J connectivity index is 1.38. The van der Waals surface area contributed by atoms with Gasteiger partial charge in [0.05, 0.1) is 18.1 Å². The first-order valence-electron chi connectivity index (χ1n) is 17.0. The Kier molecular flexibility index (Phi) is 7.12. The third-order valence-corrected chi connectivity index (χ3v) is 14.9. The Morgan fingerprint density at radius 3 is 2.22 bits per heavy atom. The molecule has 0 bridgehead atoms. The number of likely N-dealkylation sites (N-methyl/N-ethyl adjacent to an activating group) is 1. The van der Waals surface area contributed by atoms with Crippen molar-refractivity contribution in [3.05, 3.63) is 11.1 Å². The first kappa shape index (κ1) is 30.0. The van der Waals surface area contributed by atoms with Crippen LogP contribution >= 0.6 is 0 Å². The molecule has 230 valence electrons. The van der Waals surface area contributed by atoms with Crippen molar-refractivity contribution in [2.45, 2.75) is 112 Å². The van der Waals surface area contributed by atoms with E-state index in [1.165, 1.54) is 24.8 Å². The smallest absolute Gasteiger partial charge is 0.160 e. The molecule has 5 nitrogen and oxygen atoms in total. The summed E-state index contributed by atoms with van der Waals surface area (Å²) in [5.74, 6) is 2.24. The van der Waals surface area contributed by atoms with Crippen LogP contribution in [0.15, 0.2) is 11.1 Å². The molecular formula is C36H58N2O3. The minimum atomic E-state index is -0.578. The molecule has 5 heteroatoms. The van der Waals surface area contributed by atoms with Crippen molar-refractivity contribution in [1.82, 2.24) is 9.80 Å². The molecule has 8 atom stereocenters. The highest BCUT2D eigenvalue weighted by atomic mass is 16.3. The van der Waals surface area contributed by atoms with Gasteiger partial charge in [-0.1, -0.05) is 48.5 Å². The van der Waals surface area contributed by atoms with Crippen LogP contribution in [-0.2, 0) is 9.59 Å². The van der Waals surface area contributed by atoms with Gasteiger partial charge in [0.15, 0.2) is 11.6 Å². The lowest BCUT2D eigenvalue weighted by Gasteiger charge is -2.72. The van der Waals surface area contributed by atoms with Gasteiger partial charge >= 0.3 is 0 Å². The van der Waals surface area contributed by atoms with Gasteiger partial charge in [-0.2, -0.15) is 0 Å². The maximum Gasteiger partial charge on any atom is 0.160 e. The number of carbonyl (C=O) groups is 2. The fraction of sp³-hybridized carbons (Fsp3) is 0.889. The molecular weight excluding hydrogens is 508 g/mol. The van der Waals surface area contributed by atoms with Crippen LogP contribution in [-0.4, -0.2) is 72.3 Å². The van der Waals surface area contributed by atoms with Crippen molar-refractivity contribution in [1.29, 1.82) is 0 Å². The molecule has 0 amide bonds. The molecule has 1 aliphatic heterocycles. The second kappa shape index (κ2) is 9.73. The lowest BCUT2D eigenvalue weighted by atomic mass is 9.33. The fourth-order valence-electron chi connectivity index (χ4n) is 12.3. The monoisotopic (exact) mass is 566 g/mol. The molecule has 0 radical (unpaired) electrons. The second-order valence-corrected chi connectivity index (χ2v) is 17.2. The van der Waals surface area contributed by atoms with Crippen molar-refractivity contribution in [2.75, 3.05) is 39.8 Å². The number of ketones is 2. The summed E-state index contributed by atoms with van der Waals surface area (Å²) >= 11 is 0. The van der Waals surface area contributed by atoms with E-state index in [4.69, 9.17) is 0 Å². The molecule has 0 spiro atoms. The number of carbonyl (C=O) groups excluding carboxylic acids is 2. The second-order valence-electron chi connectivity index (χ2n) is 17.2. The lowest BCUT2D eigenvalue weighted by Crippen LogP contribution is -2.66. The fourth-order valence-corrected chi connectivity index (χ4v) is 12.3. The molecule has 0 unspecified atom stereocenters. The van der Waals surface area contributed by atoms with E-state index in [2.05, 4.69) is 65.3 Å². The number of rotatable bonds is 4. The zero-order valence-electron chi connectivity index (χ0n) is 27.4. The lowest BCUT2D eigenvalue weighted by molar-refractivity contribution is -0.228. The summed E-state index contributed by atoms with van der Waals surface area (Å²) in [5, 5.41) is 11.0. The summed E-state index contributed by atoms with van der Waals surface area (Å²) in [7, 11) is 2.16. The van der Waals surface area contributed by atoms with Crippen molar-refractivity contribution < 1.29 is 14.7 Å². The average Bonchev–Trinajstić information content (AvgIpc) is 3.21. The highest BCUT2D eigenvalue weighted by molar-refractivity contribution is 6.07. The summed E-state index contributed by atoms with van der Waals surface area (Å²) in [4.78, 5) is 33.0. The number of fused-ring (bicyclic) bond motifs is 7. The average molecular weight is 567 g/mol. The van der Waals surface area contributed by atoms with Gasteiger partial charge in [-0.05, 0) is 115 Å². The largest absolute Gasteiger partial charge is 0.393 e. The van der Waals surface area contributed by atoms with Gasteiger partial charge in [0, 0.05) is 32.6 Å². The summed E-state index contributed by atoms with van der Waals surface area (Å²) in [6, 6.07) is 0. The van der Waals surface area contributed by atoms with E-state index in [1.54, 1.807) is 0 Å². The third kappa shape index (κ3) is 4.03. The van der Waals surface area contributed by atoms with Crippen molar-refractivity contribution >= 4 is 11.6 Å². The molecule has 5 aliphatic carbocycles. The molecule has 6 rings (SSSR count). The zero-order valence-corrected chi connectivity index (χ0v) is 27.4. The first-order valence-corrected chi connectivity index (χ1v) is 17.0. The minimum Gasteiger partial charge on any atom is -0.393 e. The maximum absolute atomic E-state index is 14.5. The summed E-state index contributed by atoms with van der Waals surface area (Å²) in [5.41, 5.74) is 2.19. The van der Waals surface area contributed by atoms with Crippen LogP contribution in [0.4, 0.5) is 0 Å². The number of allylic oxidation sites excluding steroid dienone is 2. The van der Waals surface area contributed by atoms with E-state index in [0.29, 0.717) is 36.5 Å². The van der Waals surface area contributed by atoms with Gasteiger partial charge in [-0.3, -0.25) is 14.5 Å². The van der Waals surface area contributed by atoms with Gasteiger partial charge in [-0.15, -0.1) is 0 Å². The van der Waals surface area contributed by atoms with Crippen molar-refractivity contribution in [3.8, 4) is 0 Å². The van der Waals surface area contributed by atoms with E-state index in [-0.39, 0.29) is 39.5 Å². The van der Waals surface area contributed by atoms with E-state index in [9.17, 15) is 14.7 Å². The standard InChI is InChI=1S/C36H58N2O3/c1-23(2)30-25(39)21-36(29(41)22-38-19-17-37(8)18-20-38)16-15-34(6)24(31(30)36)9-10-27-33(5)13-12-28(40)32(3,4)26(33)11-14-35(27,34)7/h23-24,26-28,40H,9-22H2,1-8H3/t24-,26+,27-,28+,33+,34-,35-,36+/m1/s1. The topological polar surface area (TPSA) is 60.9 Å². The molecule has 5 fully saturated rings. The Bertz CT molecular complexity index is 1130. The quantitative estimate of drug-likeness (QED) is 0.443. The molecule has 1 N–H and O–H groups in total. The van der Waals surface area contributed by atoms with E-state index in [1.807, 2.05) is 0 Å². The van der Waals surface area contributed by atoms with E-state index >= 15 is 0 Å². The summed E-state index contributed by atoms with van der Waals surface area (Å²) in [6.07, 6.45) is 8.79. The van der Waals surface area contributed by atoms with Gasteiger partial charge in [0.2, 0.25) is 0 Å². The third-order valence-electron chi connectivity index (χ3n) is 14.9. The molecule has 1 saturated heterocycles.